The van der Waals surface area contributed by atoms with Gasteiger partial charge in [-0.2, -0.15) is 0 Å². The van der Waals surface area contributed by atoms with Crippen molar-refractivity contribution < 1.29 is 18.7 Å². The number of pyridine rings is 1. The Morgan fingerprint density at radius 1 is 1.19 bits per heavy atom. The number of aromatic amines is 1. The summed E-state index contributed by atoms with van der Waals surface area (Å²) in [4.78, 5) is 22.7. The molecule has 2 aromatic heterocycles. The van der Waals surface area contributed by atoms with Gasteiger partial charge in [-0.1, -0.05) is 30.0 Å². The van der Waals surface area contributed by atoms with Crippen LogP contribution in [-0.2, 0) is 0 Å². The fourth-order valence-electron chi connectivity index (χ4n) is 4.47. The Morgan fingerprint density at radius 3 is 2.72 bits per heavy atom. The summed E-state index contributed by atoms with van der Waals surface area (Å²) >= 11 is 0. The van der Waals surface area contributed by atoms with E-state index in [0.717, 1.165) is 17.0 Å². The summed E-state index contributed by atoms with van der Waals surface area (Å²) < 4.78 is 28.7. The van der Waals surface area contributed by atoms with Gasteiger partial charge in [0, 0.05) is 41.1 Å². The van der Waals surface area contributed by atoms with Crippen molar-refractivity contribution in [2.45, 2.75) is 18.6 Å². The standard InChI is InChI=1S/C28H24F2N4O2/c1-17-11-18(9-10-28(30)15-34(2)16-28)12-24(31-17)27(36)33-26(21-14-20(29)7-8-25(21)35)23-13-19-5-3-4-6-22(19)32-23/h3-8,11-14,26,32,35H,15-16H2,1-2H3,(H,33,36). The van der Waals surface area contributed by atoms with Crippen LogP contribution in [0.15, 0.2) is 60.7 Å². The number of hydrogen-bond donors (Lipinski definition) is 3. The lowest BCUT2D eigenvalue weighted by atomic mass is 9.97. The summed E-state index contributed by atoms with van der Waals surface area (Å²) in [5.74, 6) is 4.22. The van der Waals surface area contributed by atoms with Gasteiger partial charge in [-0.3, -0.25) is 9.69 Å². The Labute approximate surface area is 207 Å². The first-order valence-electron chi connectivity index (χ1n) is 11.5. The van der Waals surface area contributed by atoms with Crippen LogP contribution in [0.25, 0.3) is 10.9 Å². The van der Waals surface area contributed by atoms with E-state index < -0.39 is 23.4 Å². The van der Waals surface area contributed by atoms with Gasteiger partial charge in [0.1, 0.15) is 17.3 Å². The Balaban J connectivity index is 1.49. The van der Waals surface area contributed by atoms with E-state index in [4.69, 9.17) is 0 Å². The number of nitrogens with zero attached hydrogens (tertiary/aromatic N) is 2. The number of benzene rings is 2. The molecule has 0 spiro atoms. The zero-order valence-electron chi connectivity index (χ0n) is 19.8. The smallest absolute Gasteiger partial charge is 0.270 e. The van der Waals surface area contributed by atoms with Gasteiger partial charge >= 0.3 is 0 Å². The third kappa shape index (κ3) is 4.79. The molecule has 1 saturated heterocycles. The largest absolute Gasteiger partial charge is 0.508 e. The van der Waals surface area contributed by atoms with Crippen LogP contribution < -0.4 is 5.32 Å². The molecule has 36 heavy (non-hydrogen) atoms. The summed E-state index contributed by atoms with van der Waals surface area (Å²) in [5.41, 5.74) is 1.11. The van der Waals surface area contributed by atoms with Crippen LogP contribution in [0.3, 0.4) is 0 Å². The number of H-pyrrole nitrogens is 1. The molecule has 0 radical (unpaired) electrons. The maximum Gasteiger partial charge on any atom is 0.270 e. The van der Waals surface area contributed by atoms with Crippen molar-refractivity contribution in [3.05, 3.63) is 94.7 Å². The van der Waals surface area contributed by atoms with Crippen LogP contribution in [0.1, 0.15) is 39.0 Å². The highest BCUT2D eigenvalue weighted by molar-refractivity contribution is 5.93. The number of aryl methyl sites for hydroxylation is 1. The lowest BCUT2D eigenvalue weighted by Crippen LogP contribution is -2.56. The first-order valence-corrected chi connectivity index (χ1v) is 11.5. The normalized spacial score (nSPS) is 15.6. The fraction of sp³-hybridized carbons (Fsp3) is 0.214. The molecule has 1 atom stereocenters. The van der Waals surface area contributed by atoms with E-state index >= 15 is 0 Å². The molecule has 1 amide bonds. The molecule has 0 saturated carbocycles. The average Bonchev–Trinajstić information content (AvgIpc) is 3.25. The topological polar surface area (TPSA) is 81.2 Å². The number of alkyl halides is 1. The van der Waals surface area contributed by atoms with Crippen molar-refractivity contribution in [3.63, 3.8) is 0 Å². The van der Waals surface area contributed by atoms with Crippen molar-refractivity contribution in [3.8, 4) is 17.6 Å². The monoisotopic (exact) mass is 486 g/mol. The number of rotatable bonds is 4. The summed E-state index contributed by atoms with van der Waals surface area (Å²) in [5, 5.41) is 14.3. The van der Waals surface area contributed by atoms with Crippen molar-refractivity contribution in [1.29, 1.82) is 0 Å². The number of nitrogens with one attached hydrogen (secondary N) is 2. The van der Waals surface area contributed by atoms with Gasteiger partial charge in [0.2, 0.25) is 0 Å². The molecule has 3 N–H and O–H groups in total. The number of aromatic hydroxyl groups is 1. The number of halogens is 2. The van der Waals surface area contributed by atoms with Crippen LogP contribution in [0, 0.1) is 24.6 Å². The van der Waals surface area contributed by atoms with E-state index in [1.165, 1.54) is 18.2 Å². The highest BCUT2D eigenvalue weighted by atomic mass is 19.1. The van der Waals surface area contributed by atoms with Gasteiger partial charge < -0.3 is 15.4 Å². The fourth-order valence-corrected chi connectivity index (χ4v) is 4.47. The second kappa shape index (κ2) is 9.10. The van der Waals surface area contributed by atoms with Crippen LogP contribution in [0.2, 0.25) is 0 Å². The molecule has 6 nitrogen and oxygen atoms in total. The number of amides is 1. The number of aromatic nitrogens is 2. The number of fused-ring (bicyclic) bond motifs is 1. The highest BCUT2D eigenvalue weighted by Crippen LogP contribution is 2.32. The summed E-state index contributed by atoms with van der Waals surface area (Å²) in [7, 11) is 1.82. The number of hydrogen-bond acceptors (Lipinski definition) is 4. The molecule has 182 valence electrons. The average molecular weight is 487 g/mol. The van der Waals surface area contributed by atoms with Crippen molar-refractivity contribution in [1.82, 2.24) is 20.2 Å². The van der Waals surface area contributed by atoms with E-state index in [9.17, 15) is 18.7 Å². The van der Waals surface area contributed by atoms with Crippen molar-refractivity contribution in [2.24, 2.45) is 0 Å². The third-order valence-corrected chi connectivity index (χ3v) is 6.10. The Morgan fingerprint density at radius 2 is 1.97 bits per heavy atom. The van der Waals surface area contributed by atoms with E-state index in [1.807, 2.05) is 42.3 Å². The molecule has 0 aliphatic carbocycles. The maximum absolute atomic E-state index is 14.5. The van der Waals surface area contributed by atoms with Crippen LogP contribution >= 0.6 is 0 Å². The predicted molar refractivity (Wildman–Crippen MR) is 133 cm³/mol. The van der Waals surface area contributed by atoms with E-state index in [-0.39, 0.29) is 30.1 Å². The number of para-hydroxylation sites is 1. The number of carbonyl (C=O) groups excluding carboxylic acids is 1. The zero-order chi connectivity index (χ0) is 25.4. The van der Waals surface area contributed by atoms with Crippen LogP contribution in [0.5, 0.6) is 5.75 Å². The second-order valence-electron chi connectivity index (χ2n) is 9.19. The SMILES string of the molecule is Cc1cc(C#CC2(F)CN(C)C2)cc(C(=O)NC(c2cc3ccccc3[nH]2)c2cc(F)ccc2O)n1. The van der Waals surface area contributed by atoms with Gasteiger partial charge in [0.15, 0.2) is 5.67 Å². The third-order valence-electron chi connectivity index (χ3n) is 6.10. The summed E-state index contributed by atoms with van der Waals surface area (Å²) in [6.07, 6.45) is 0. The molecule has 3 heterocycles. The number of likely N-dealkylation sites (tertiary alicyclic amines) is 1. The predicted octanol–water partition coefficient (Wildman–Crippen LogP) is 4.24. The molecular formula is C28H24F2N4O2. The molecule has 1 aliphatic rings. The Bertz CT molecular complexity index is 1500. The van der Waals surface area contributed by atoms with E-state index in [2.05, 4.69) is 27.1 Å². The summed E-state index contributed by atoms with van der Waals surface area (Å²) in [6, 6.07) is 15.2. The number of phenolic OH excluding ortho intramolecular Hbond substituents is 1. The Hall–Kier alpha value is -4.22. The first kappa shape index (κ1) is 23.5. The first-order chi connectivity index (χ1) is 17.2. The Kier molecular flexibility index (Phi) is 5.94. The van der Waals surface area contributed by atoms with Gasteiger partial charge in [-0.05, 0) is 61.8 Å². The van der Waals surface area contributed by atoms with Crippen LogP contribution in [-0.4, -0.2) is 51.7 Å². The number of phenols is 1. The van der Waals surface area contributed by atoms with Crippen molar-refractivity contribution >= 4 is 16.8 Å². The van der Waals surface area contributed by atoms with Gasteiger partial charge in [0.25, 0.3) is 5.91 Å². The quantitative estimate of drug-likeness (QED) is 0.377. The maximum atomic E-state index is 14.5. The molecule has 1 unspecified atom stereocenters. The van der Waals surface area contributed by atoms with Gasteiger partial charge in [-0.25, -0.2) is 13.8 Å². The molecule has 1 fully saturated rings. The molecular weight excluding hydrogens is 462 g/mol. The molecule has 1 aliphatic heterocycles. The second-order valence-corrected chi connectivity index (χ2v) is 9.19. The number of carbonyl (C=O) groups is 1. The minimum absolute atomic E-state index is 0.0786. The minimum Gasteiger partial charge on any atom is -0.508 e. The van der Waals surface area contributed by atoms with E-state index in [1.54, 1.807) is 13.0 Å². The van der Waals surface area contributed by atoms with Crippen LogP contribution in [0.4, 0.5) is 8.78 Å². The van der Waals surface area contributed by atoms with E-state index in [0.29, 0.717) is 17.0 Å². The lowest BCUT2D eigenvalue weighted by Gasteiger charge is -2.38. The lowest BCUT2D eigenvalue weighted by molar-refractivity contribution is 0.0338. The molecule has 5 rings (SSSR count). The molecule has 8 heteroatoms. The molecule has 2 aromatic carbocycles. The minimum atomic E-state index is -1.57. The molecule has 4 aromatic rings. The molecule has 0 bridgehead atoms. The zero-order valence-corrected chi connectivity index (χ0v) is 19.8. The summed E-state index contributed by atoms with van der Waals surface area (Å²) in [6.45, 7) is 2.19. The highest BCUT2D eigenvalue weighted by Gasteiger charge is 2.39. The van der Waals surface area contributed by atoms with Gasteiger partial charge in [0.05, 0.1) is 6.04 Å². The van der Waals surface area contributed by atoms with Crippen molar-refractivity contribution in [2.75, 3.05) is 20.1 Å². The van der Waals surface area contributed by atoms with Gasteiger partial charge in [-0.15, -0.1) is 0 Å².